The SMILES string of the molecule is COc1ccccc1O[C@@H]1C[C@@H]2CN(c3ccc(-c4nc(C)no4)cn3)C[C@@H]2C[C@H]1O. The molecule has 162 valence electrons. The fourth-order valence-corrected chi connectivity index (χ4v) is 4.70. The van der Waals surface area contributed by atoms with Crippen molar-refractivity contribution in [1.29, 1.82) is 0 Å². The van der Waals surface area contributed by atoms with Crippen LogP contribution in [0.15, 0.2) is 47.1 Å². The molecule has 2 fully saturated rings. The van der Waals surface area contributed by atoms with Crippen molar-refractivity contribution in [3.8, 4) is 23.0 Å². The number of methoxy groups -OCH3 is 1. The number of para-hydroxylation sites is 2. The molecule has 3 heterocycles. The molecule has 3 aromatic rings. The summed E-state index contributed by atoms with van der Waals surface area (Å²) in [7, 11) is 1.63. The van der Waals surface area contributed by atoms with E-state index in [9.17, 15) is 5.11 Å². The molecular formula is C23H26N4O4. The monoisotopic (exact) mass is 422 g/mol. The van der Waals surface area contributed by atoms with Gasteiger partial charge in [-0.25, -0.2) is 4.98 Å². The fourth-order valence-electron chi connectivity index (χ4n) is 4.70. The zero-order valence-electron chi connectivity index (χ0n) is 17.6. The standard InChI is InChI=1S/C23H26N4O4/c1-14-25-23(31-26-14)15-7-8-22(24-11-15)27-12-16-9-18(28)21(10-17(16)13-27)30-20-6-4-3-5-19(20)29-2/h3-8,11,16-18,21,28H,9-10,12-13H2,1-2H3/t16-,17+,18+,21+/m0/s1. The smallest absolute Gasteiger partial charge is 0.259 e. The topological polar surface area (TPSA) is 93.7 Å². The van der Waals surface area contributed by atoms with Crippen molar-refractivity contribution < 1.29 is 19.1 Å². The van der Waals surface area contributed by atoms with Gasteiger partial charge in [0.15, 0.2) is 17.3 Å². The second kappa shape index (κ2) is 8.19. The molecule has 1 saturated carbocycles. The van der Waals surface area contributed by atoms with Gasteiger partial charge in [0, 0.05) is 19.3 Å². The van der Waals surface area contributed by atoms with Gasteiger partial charge in [0.05, 0.1) is 18.8 Å². The maximum Gasteiger partial charge on any atom is 0.259 e. The normalized spacial score (nSPS) is 25.3. The van der Waals surface area contributed by atoms with E-state index in [2.05, 4.69) is 20.0 Å². The molecule has 1 saturated heterocycles. The van der Waals surface area contributed by atoms with E-state index in [0.717, 1.165) is 37.3 Å². The van der Waals surface area contributed by atoms with Crippen molar-refractivity contribution in [3.05, 3.63) is 48.4 Å². The van der Waals surface area contributed by atoms with E-state index in [1.165, 1.54) is 0 Å². The first-order valence-corrected chi connectivity index (χ1v) is 10.6. The number of ether oxygens (including phenoxy) is 2. The number of aliphatic hydroxyl groups excluding tert-OH is 1. The molecule has 31 heavy (non-hydrogen) atoms. The molecule has 1 N–H and O–H groups in total. The Morgan fingerprint density at radius 3 is 2.52 bits per heavy atom. The number of aromatic nitrogens is 3. The molecule has 2 aliphatic rings. The first-order chi connectivity index (χ1) is 15.1. The van der Waals surface area contributed by atoms with Crippen LogP contribution in [-0.4, -0.2) is 52.6 Å². The van der Waals surface area contributed by atoms with E-state index in [1.54, 1.807) is 20.2 Å². The van der Waals surface area contributed by atoms with Crippen molar-refractivity contribution in [3.63, 3.8) is 0 Å². The predicted octanol–water partition coefficient (Wildman–Crippen LogP) is 3.10. The second-order valence-electron chi connectivity index (χ2n) is 8.32. The quantitative estimate of drug-likeness (QED) is 0.670. The van der Waals surface area contributed by atoms with Gasteiger partial charge in [0.1, 0.15) is 11.9 Å². The summed E-state index contributed by atoms with van der Waals surface area (Å²) in [4.78, 5) is 11.2. The summed E-state index contributed by atoms with van der Waals surface area (Å²) in [5, 5.41) is 14.6. The Bertz CT molecular complexity index is 1040. The molecule has 0 spiro atoms. The average Bonchev–Trinajstić information content (AvgIpc) is 3.40. The summed E-state index contributed by atoms with van der Waals surface area (Å²) in [6, 6.07) is 11.5. The summed E-state index contributed by atoms with van der Waals surface area (Å²) in [5.41, 5.74) is 0.807. The van der Waals surface area contributed by atoms with Crippen LogP contribution in [0.3, 0.4) is 0 Å². The Hall–Kier alpha value is -3.13. The molecule has 5 rings (SSSR count). The third-order valence-electron chi connectivity index (χ3n) is 6.28. The first kappa shape index (κ1) is 19.8. The number of rotatable bonds is 5. The fraction of sp³-hybridized carbons (Fsp3) is 0.435. The average molecular weight is 422 g/mol. The third-order valence-corrected chi connectivity index (χ3v) is 6.28. The molecule has 8 heteroatoms. The highest BCUT2D eigenvalue weighted by atomic mass is 16.5. The van der Waals surface area contributed by atoms with Crippen molar-refractivity contribution in [2.45, 2.75) is 32.0 Å². The van der Waals surface area contributed by atoms with Gasteiger partial charge >= 0.3 is 0 Å². The van der Waals surface area contributed by atoms with Crippen LogP contribution in [0.5, 0.6) is 11.5 Å². The number of fused-ring (bicyclic) bond motifs is 1. The zero-order valence-corrected chi connectivity index (χ0v) is 17.6. The third kappa shape index (κ3) is 3.95. The molecule has 4 atom stereocenters. The number of hydrogen-bond donors (Lipinski definition) is 1. The lowest BCUT2D eigenvalue weighted by atomic mass is 9.78. The van der Waals surface area contributed by atoms with E-state index >= 15 is 0 Å². The van der Waals surface area contributed by atoms with Gasteiger partial charge in [-0.1, -0.05) is 17.3 Å². The minimum absolute atomic E-state index is 0.242. The number of aliphatic hydroxyl groups is 1. The second-order valence-corrected chi connectivity index (χ2v) is 8.32. The van der Waals surface area contributed by atoms with Crippen molar-refractivity contribution in [2.75, 3.05) is 25.1 Å². The van der Waals surface area contributed by atoms with E-state index in [1.807, 2.05) is 36.4 Å². The summed E-state index contributed by atoms with van der Waals surface area (Å²) >= 11 is 0. The molecule has 0 radical (unpaired) electrons. The van der Waals surface area contributed by atoms with Crippen LogP contribution in [0, 0.1) is 18.8 Å². The molecule has 1 aliphatic heterocycles. The summed E-state index contributed by atoms with van der Waals surface area (Å²) in [5.74, 6) is 4.24. The molecule has 2 aromatic heterocycles. The van der Waals surface area contributed by atoms with Crippen molar-refractivity contribution in [2.24, 2.45) is 11.8 Å². The summed E-state index contributed by atoms with van der Waals surface area (Å²) in [6.45, 7) is 3.57. The highest BCUT2D eigenvalue weighted by molar-refractivity contribution is 5.55. The number of anilines is 1. The number of nitrogens with zero attached hydrogens (tertiary/aromatic N) is 4. The van der Waals surface area contributed by atoms with E-state index in [-0.39, 0.29) is 6.10 Å². The van der Waals surface area contributed by atoms with Crippen LogP contribution >= 0.6 is 0 Å². The molecule has 0 amide bonds. The lowest BCUT2D eigenvalue weighted by Gasteiger charge is -2.35. The number of benzene rings is 1. The van der Waals surface area contributed by atoms with E-state index in [4.69, 9.17) is 14.0 Å². The summed E-state index contributed by atoms with van der Waals surface area (Å²) < 4.78 is 16.8. The highest BCUT2D eigenvalue weighted by Gasteiger charge is 2.43. The van der Waals surface area contributed by atoms with Gasteiger partial charge in [0.25, 0.3) is 5.89 Å². The molecule has 0 bridgehead atoms. The number of aryl methyl sites for hydroxylation is 1. The lowest BCUT2D eigenvalue weighted by molar-refractivity contribution is -0.0240. The summed E-state index contributed by atoms with van der Waals surface area (Å²) in [6.07, 6.45) is 2.56. The predicted molar refractivity (Wildman–Crippen MR) is 114 cm³/mol. The molecule has 0 unspecified atom stereocenters. The Labute approximate surface area is 180 Å². The van der Waals surface area contributed by atoms with Gasteiger partial charge in [-0.05, 0) is 55.9 Å². The minimum atomic E-state index is -0.498. The lowest BCUT2D eigenvalue weighted by Crippen LogP contribution is -2.42. The number of hydrogen-bond acceptors (Lipinski definition) is 8. The first-order valence-electron chi connectivity index (χ1n) is 10.6. The van der Waals surface area contributed by atoms with Gasteiger partial charge in [-0.15, -0.1) is 0 Å². The van der Waals surface area contributed by atoms with Crippen LogP contribution in [-0.2, 0) is 0 Å². The largest absolute Gasteiger partial charge is 0.493 e. The van der Waals surface area contributed by atoms with Crippen LogP contribution in [0.4, 0.5) is 5.82 Å². The maximum absolute atomic E-state index is 10.7. The molecule has 1 aliphatic carbocycles. The van der Waals surface area contributed by atoms with Crippen LogP contribution < -0.4 is 14.4 Å². The minimum Gasteiger partial charge on any atom is -0.493 e. The van der Waals surface area contributed by atoms with Gasteiger partial charge in [0.2, 0.25) is 0 Å². The van der Waals surface area contributed by atoms with Gasteiger partial charge in [-0.3, -0.25) is 0 Å². The Balaban J connectivity index is 1.26. The van der Waals surface area contributed by atoms with E-state index in [0.29, 0.717) is 35.0 Å². The number of pyridine rings is 1. The maximum atomic E-state index is 10.7. The van der Waals surface area contributed by atoms with Crippen LogP contribution in [0.1, 0.15) is 18.7 Å². The van der Waals surface area contributed by atoms with Crippen molar-refractivity contribution in [1.82, 2.24) is 15.1 Å². The van der Waals surface area contributed by atoms with Crippen molar-refractivity contribution >= 4 is 5.82 Å². The van der Waals surface area contributed by atoms with Gasteiger partial charge < -0.3 is 24.0 Å². The molecular weight excluding hydrogens is 396 g/mol. The van der Waals surface area contributed by atoms with Crippen LogP contribution in [0.25, 0.3) is 11.5 Å². The Kier molecular flexibility index (Phi) is 5.23. The molecule has 1 aromatic carbocycles. The molecule has 8 nitrogen and oxygen atoms in total. The highest BCUT2D eigenvalue weighted by Crippen LogP contribution is 2.40. The van der Waals surface area contributed by atoms with Gasteiger partial charge in [-0.2, -0.15) is 4.98 Å². The van der Waals surface area contributed by atoms with Crippen LogP contribution in [0.2, 0.25) is 0 Å². The Morgan fingerprint density at radius 1 is 1.06 bits per heavy atom. The Morgan fingerprint density at radius 2 is 1.84 bits per heavy atom. The van der Waals surface area contributed by atoms with E-state index < -0.39 is 6.10 Å². The zero-order chi connectivity index (χ0) is 21.4.